The minimum Gasteiger partial charge on any atom is -0.494 e. The first-order valence-electron chi connectivity index (χ1n) is 7.95. The van der Waals surface area contributed by atoms with Crippen molar-refractivity contribution >= 4 is 0 Å². The zero-order chi connectivity index (χ0) is 15.2. The smallest absolute Gasteiger partial charge is 0.119 e. The molecule has 0 bridgehead atoms. The van der Waals surface area contributed by atoms with Crippen LogP contribution in [0.3, 0.4) is 0 Å². The Bertz CT molecular complexity index is 439. The van der Waals surface area contributed by atoms with Crippen molar-refractivity contribution in [3.63, 3.8) is 0 Å². The molecule has 0 radical (unpaired) electrons. The van der Waals surface area contributed by atoms with Crippen LogP contribution in [-0.4, -0.2) is 43.3 Å². The van der Waals surface area contributed by atoms with Crippen LogP contribution in [0.25, 0.3) is 0 Å². The first-order valence-corrected chi connectivity index (χ1v) is 7.95. The van der Waals surface area contributed by atoms with Crippen molar-refractivity contribution in [3.05, 3.63) is 29.8 Å². The van der Waals surface area contributed by atoms with Crippen molar-refractivity contribution < 1.29 is 9.47 Å². The largest absolute Gasteiger partial charge is 0.494 e. The molecule has 0 aromatic heterocycles. The Morgan fingerprint density at radius 1 is 1.43 bits per heavy atom. The third kappa shape index (κ3) is 4.19. The summed E-state index contributed by atoms with van der Waals surface area (Å²) in [6, 6.07) is 8.94. The lowest BCUT2D eigenvalue weighted by Gasteiger charge is -2.41. The molecule has 1 fully saturated rings. The number of rotatable bonds is 6. The second-order valence-corrected chi connectivity index (χ2v) is 5.86. The van der Waals surface area contributed by atoms with Crippen LogP contribution in [-0.2, 0) is 4.74 Å². The molecule has 1 saturated heterocycles. The lowest BCUT2D eigenvalue weighted by Crippen LogP contribution is -2.50. The number of nitrogens with zero attached hydrogens (tertiary/aromatic N) is 1. The van der Waals surface area contributed by atoms with Crippen molar-refractivity contribution in [2.45, 2.75) is 45.4 Å². The molecule has 1 aromatic carbocycles. The summed E-state index contributed by atoms with van der Waals surface area (Å²) in [7, 11) is 0. The molecule has 0 amide bonds. The molecule has 0 aliphatic carbocycles. The summed E-state index contributed by atoms with van der Waals surface area (Å²) in [5.74, 6) is 0.932. The van der Waals surface area contributed by atoms with Gasteiger partial charge >= 0.3 is 0 Å². The summed E-state index contributed by atoms with van der Waals surface area (Å²) in [6.07, 6.45) is 1.28. The highest BCUT2D eigenvalue weighted by Gasteiger charge is 2.29. The maximum atomic E-state index is 6.07. The summed E-state index contributed by atoms with van der Waals surface area (Å²) in [6.45, 7) is 9.48. The Hall–Kier alpha value is -1.10. The molecule has 1 aliphatic rings. The Kier molecular flexibility index (Phi) is 6.03. The van der Waals surface area contributed by atoms with Gasteiger partial charge in [0.05, 0.1) is 19.3 Å². The zero-order valence-electron chi connectivity index (χ0n) is 13.4. The van der Waals surface area contributed by atoms with Crippen LogP contribution in [0.15, 0.2) is 24.3 Å². The van der Waals surface area contributed by atoms with Crippen LogP contribution in [0.5, 0.6) is 5.75 Å². The Morgan fingerprint density at radius 2 is 2.24 bits per heavy atom. The molecule has 2 N–H and O–H groups in total. The lowest BCUT2D eigenvalue weighted by atomic mass is 10.0. The third-order valence-electron chi connectivity index (χ3n) is 4.00. The van der Waals surface area contributed by atoms with Crippen LogP contribution < -0.4 is 10.5 Å². The lowest BCUT2D eigenvalue weighted by molar-refractivity contribution is -0.0654. The van der Waals surface area contributed by atoms with E-state index in [1.54, 1.807) is 0 Å². The fraction of sp³-hybridized carbons (Fsp3) is 0.647. The van der Waals surface area contributed by atoms with Gasteiger partial charge in [-0.25, -0.2) is 0 Å². The molecule has 21 heavy (non-hydrogen) atoms. The van der Waals surface area contributed by atoms with E-state index in [-0.39, 0.29) is 12.1 Å². The minimum absolute atomic E-state index is 0.219. The zero-order valence-corrected chi connectivity index (χ0v) is 13.4. The van der Waals surface area contributed by atoms with Gasteiger partial charge in [-0.3, -0.25) is 4.90 Å². The molecule has 1 aromatic rings. The molecule has 1 heterocycles. The van der Waals surface area contributed by atoms with E-state index < -0.39 is 0 Å². The topological polar surface area (TPSA) is 47.7 Å². The van der Waals surface area contributed by atoms with Crippen molar-refractivity contribution in [2.75, 3.05) is 26.3 Å². The van der Waals surface area contributed by atoms with Crippen LogP contribution in [0.4, 0.5) is 0 Å². The van der Waals surface area contributed by atoms with Gasteiger partial charge in [0.1, 0.15) is 5.75 Å². The fourth-order valence-corrected chi connectivity index (χ4v) is 2.86. The molecule has 4 heteroatoms. The first kappa shape index (κ1) is 16.3. The van der Waals surface area contributed by atoms with E-state index >= 15 is 0 Å². The van der Waals surface area contributed by atoms with Crippen LogP contribution in [0.2, 0.25) is 0 Å². The van der Waals surface area contributed by atoms with Gasteiger partial charge in [0, 0.05) is 25.2 Å². The van der Waals surface area contributed by atoms with Crippen molar-refractivity contribution in [1.82, 2.24) is 4.90 Å². The molecule has 3 unspecified atom stereocenters. The third-order valence-corrected chi connectivity index (χ3v) is 4.00. The monoisotopic (exact) mass is 292 g/mol. The van der Waals surface area contributed by atoms with E-state index in [0.717, 1.165) is 31.9 Å². The van der Waals surface area contributed by atoms with E-state index in [4.69, 9.17) is 15.2 Å². The maximum Gasteiger partial charge on any atom is 0.119 e. The number of ether oxygens (including phenoxy) is 2. The summed E-state index contributed by atoms with van der Waals surface area (Å²) < 4.78 is 11.5. The molecule has 0 spiro atoms. The quantitative estimate of drug-likeness (QED) is 0.875. The van der Waals surface area contributed by atoms with Crippen molar-refractivity contribution in [3.8, 4) is 5.75 Å². The Labute approximate surface area is 128 Å². The first-order chi connectivity index (χ1) is 10.2. The van der Waals surface area contributed by atoms with E-state index in [0.29, 0.717) is 12.6 Å². The molecular formula is C17H28N2O2. The predicted molar refractivity (Wildman–Crippen MR) is 85.6 cm³/mol. The summed E-state index contributed by atoms with van der Waals surface area (Å²) in [4.78, 5) is 2.45. The molecule has 4 nitrogen and oxygen atoms in total. The van der Waals surface area contributed by atoms with E-state index in [9.17, 15) is 0 Å². The summed E-state index contributed by atoms with van der Waals surface area (Å²) in [5, 5.41) is 0. The SMILES string of the molecule is CCCOc1cccc(C(CN)N2CC(C)OCC2C)c1. The Balaban J connectivity index is 2.16. The fourth-order valence-electron chi connectivity index (χ4n) is 2.86. The second-order valence-electron chi connectivity index (χ2n) is 5.86. The standard InChI is InChI=1S/C17H28N2O2/c1-4-8-20-16-7-5-6-15(9-16)17(10-18)19-11-14(3)21-12-13(19)2/h5-7,9,13-14,17H,4,8,10-12,18H2,1-3H3. The highest BCUT2D eigenvalue weighted by Crippen LogP contribution is 2.28. The van der Waals surface area contributed by atoms with Gasteiger partial charge in [-0.05, 0) is 38.0 Å². The summed E-state index contributed by atoms with van der Waals surface area (Å²) >= 11 is 0. The van der Waals surface area contributed by atoms with Gasteiger partial charge in [0.2, 0.25) is 0 Å². The van der Waals surface area contributed by atoms with Gasteiger partial charge < -0.3 is 15.2 Å². The number of nitrogens with two attached hydrogens (primary N) is 1. The average Bonchev–Trinajstić information content (AvgIpc) is 2.50. The molecule has 1 aliphatic heterocycles. The summed E-state index contributed by atoms with van der Waals surface area (Å²) in [5.41, 5.74) is 7.30. The van der Waals surface area contributed by atoms with Crippen molar-refractivity contribution in [1.29, 1.82) is 0 Å². The predicted octanol–water partition coefficient (Wildman–Crippen LogP) is 2.58. The molecule has 2 rings (SSSR count). The second kappa shape index (κ2) is 7.78. The van der Waals surface area contributed by atoms with Gasteiger partial charge in [0.15, 0.2) is 0 Å². The van der Waals surface area contributed by atoms with Gasteiger partial charge in [-0.2, -0.15) is 0 Å². The number of hydrogen-bond donors (Lipinski definition) is 1. The van der Waals surface area contributed by atoms with Gasteiger partial charge in [0.25, 0.3) is 0 Å². The highest BCUT2D eigenvalue weighted by molar-refractivity contribution is 5.31. The maximum absolute atomic E-state index is 6.07. The van der Waals surface area contributed by atoms with Gasteiger partial charge in [-0.1, -0.05) is 19.1 Å². The van der Waals surface area contributed by atoms with Crippen LogP contribution >= 0.6 is 0 Å². The normalized spacial score (nSPS) is 24.8. The van der Waals surface area contributed by atoms with Gasteiger partial charge in [-0.15, -0.1) is 0 Å². The average molecular weight is 292 g/mol. The molecule has 118 valence electrons. The minimum atomic E-state index is 0.219. The highest BCUT2D eigenvalue weighted by atomic mass is 16.5. The van der Waals surface area contributed by atoms with Crippen molar-refractivity contribution in [2.24, 2.45) is 5.73 Å². The number of hydrogen-bond acceptors (Lipinski definition) is 4. The number of morpholine rings is 1. The van der Waals surface area contributed by atoms with Crippen LogP contribution in [0, 0.1) is 0 Å². The number of benzene rings is 1. The van der Waals surface area contributed by atoms with E-state index in [1.807, 2.05) is 6.07 Å². The molecule has 0 saturated carbocycles. The molecule has 3 atom stereocenters. The van der Waals surface area contributed by atoms with E-state index in [2.05, 4.69) is 43.9 Å². The Morgan fingerprint density at radius 3 is 2.95 bits per heavy atom. The van der Waals surface area contributed by atoms with Crippen LogP contribution in [0.1, 0.15) is 38.8 Å². The van der Waals surface area contributed by atoms with E-state index in [1.165, 1.54) is 5.56 Å². The molecular weight excluding hydrogens is 264 g/mol.